The zero-order chi connectivity index (χ0) is 17.4. The molecule has 0 heterocycles. The molecule has 0 radical (unpaired) electrons. The number of hydrogen-bond donors (Lipinski definition) is 3. The van der Waals surface area contributed by atoms with Gasteiger partial charge in [0.2, 0.25) is 5.91 Å². The zero-order valence-electron chi connectivity index (χ0n) is 13.1. The Morgan fingerprint density at radius 2 is 1.78 bits per heavy atom. The summed E-state index contributed by atoms with van der Waals surface area (Å²) in [6.07, 6.45) is 0.576. The first-order valence-corrected chi connectivity index (χ1v) is 7.75. The molecule has 0 fully saturated rings. The number of halogens is 1. The van der Waals surface area contributed by atoms with Crippen LogP contribution in [0.15, 0.2) is 24.3 Å². The smallest absolute Gasteiger partial charge is 0.326 e. The number of carbonyl (C=O) groups excluding carboxylic acids is 2. The number of carbonyl (C=O) groups is 3. The maximum Gasteiger partial charge on any atom is 0.326 e. The monoisotopic (exact) mass is 340 g/mol. The van der Waals surface area contributed by atoms with Crippen molar-refractivity contribution in [3.63, 3.8) is 0 Å². The maximum absolute atomic E-state index is 11.8. The summed E-state index contributed by atoms with van der Waals surface area (Å²) in [5.41, 5.74) is 0.490. The van der Waals surface area contributed by atoms with Crippen molar-refractivity contribution in [1.82, 2.24) is 10.6 Å². The second-order valence-electron chi connectivity index (χ2n) is 5.49. The van der Waals surface area contributed by atoms with Gasteiger partial charge in [0.25, 0.3) is 5.91 Å². The molecule has 0 saturated heterocycles. The average molecular weight is 341 g/mol. The van der Waals surface area contributed by atoms with Crippen molar-refractivity contribution in [3.8, 4) is 0 Å². The molecule has 1 rings (SSSR count). The Hall–Kier alpha value is -2.08. The fourth-order valence-electron chi connectivity index (χ4n) is 1.91. The van der Waals surface area contributed by atoms with Crippen molar-refractivity contribution in [2.75, 3.05) is 6.54 Å². The molecular formula is C16H21ClN2O4. The van der Waals surface area contributed by atoms with Gasteiger partial charge in [-0.3, -0.25) is 9.59 Å². The SMILES string of the molecule is CC(C)[C@H](NC(=O)CCCNC(=O)c1ccc(Cl)cc1)C(=O)O. The Morgan fingerprint density at radius 3 is 2.30 bits per heavy atom. The lowest BCUT2D eigenvalue weighted by molar-refractivity contribution is -0.143. The van der Waals surface area contributed by atoms with Crippen LogP contribution >= 0.6 is 11.6 Å². The third-order valence-corrected chi connectivity index (χ3v) is 3.47. The lowest BCUT2D eigenvalue weighted by Crippen LogP contribution is -2.44. The van der Waals surface area contributed by atoms with Gasteiger partial charge < -0.3 is 15.7 Å². The molecule has 23 heavy (non-hydrogen) atoms. The van der Waals surface area contributed by atoms with E-state index in [9.17, 15) is 14.4 Å². The van der Waals surface area contributed by atoms with Crippen molar-refractivity contribution < 1.29 is 19.5 Å². The lowest BCUT2D eigenvalue weighted by atomic mass is 10.0. The fourth-order valence-corrected chi connectivity index (χ4v) is 2.04. The molecule has 0 aromatic heterocycles. The summed E-state index contributed by atoms with van der Waals surface area (Å²) in [4.78, 5) is 34.5. The highest BCUT2D eigenvalue weighted by Crippen LogP contribution is 2.09. The molecule has 1 aromatic rings. The highest BCUT2D eigenvalue weighted by atomic mass is 35.5. The molecule has 1 atom stereocenters. The Balaban J connectivity index is 2.31. The molecule has 126 valence electrons. The lowest BCUT2D eigenvalue weighted by Gasteiger charge is -2.17. The number of carboxylic acid groups (broad SMARTS) is 1. The van der Waals surface area contributed by atoms with Crippen LogP contribution in [0.5, 0.6) is 0 Å². The van der Waals surface area contributed by atoms with Gasteiger partial charge in [0.05, 0.1) is 0 Å². The predicted octanol–water partition coefficient (Wildman–Crippen LogP) is 2.08. The van der Waals surface area contributed by atoms with E-state index in [2.05, 4.69) is 10.6 Å². The second kappa shape index (κ2) is 9.15. The van der Waals surface area contributed by atoms with Crippen molar-refractivity contribution in [2.24, 2.45) is 5.92 Å². The van der Waals surface area contributed by atoms with E-state index >= 15 is 0 Å². The fraction of sp³-hybridized carbons (Fsp3) is 0.438. The van der Waals surface area contributed by atoms with Gasteiger partial charge in [-0.1, -0.05) is 25.4 Å². The van der Waals surface area contributed by atoms with Gasteiger partial charge in [-0.15, -0.1) is 0 Å². The van der Waals surface area contributed by atoms with E-state index in [1.54, 1.807) is 38.1 Å². The molecule has 0 saturated carbocycles. The first-order valence-electron chi connectivity index (χ1n) is 7.37. The van der Waals surface area contributed by atoms with Gasteiger partial charge in [0.1, 0.15) is 6.04 Å². The normalized spacial score (nSPS) is 11.8. The molecule has 0 aliphatic rings. The number of aliphatic carboxylic acids is 1. The maximum atomic E-state index is 11.8. The van der Waals surface area contributed by atoms with Crippen LogP contribution in [0.3, 0.4) is 0 Å². The van der Waals surface area contributed by atoms with Gasteiger partial charge in [-0.2, -0.15) is 0 Å². The van der Waals surface area contributed by atoms with Crippen molar-refractivity contribution in [2.45, 2.75) is 32.7 Å². The summed E-state index contributed by atoms with van der Waals surface area (Å²) in [5.74, 6) is -1.83. The molecule has 0 bridgehead atoms. The van der Waals surface area contributed by atoms with E-state index < -0.39 is 12.0 Å². The third-order valence-electron chi connectivity index (χ3n) is 3.22. The van der Waals surface area contributed by atoms with Crippen molar-refractivity contribution in [3.05, 3.63) is 34.9 Å². The first kappa shape index (κ1) is 19.0. The number of carboxylic acids is 1. The number of rotatable bonds is 8. The number of amides is 2. The zero-order valence-corrected chi connectivity index (χ0v) is 13.9. The minimum absolute atomic E-state index is 0.150. The Morgan fingerprint density at radius 1 is 1.17 bits per heavy atom. The molecule has 0 spiro atoms. The Bertz CT molecular complexity index is 558. The minimum atomic E-state index is -1.05. The summed E-state index contributed by atoms with van der Waals surface area (Å²) < 4.78 is 0. The molecule has 3 N–H and O–H groups in total. The van der Waals surface area contributed by atoms with Crippen molar-refractivity contribution >= 4 is 29.4 Å². The average Bonchev–Trinajstić information content (AvgIpc) is 2.49. The van der Waals surface area contributed by atoms with E-state index in [-0.39, 0.29) is 24.2 Å². The third kappa shape index (κ3) is 6.69. The summed E-state index contributed by atoms with van der Waals surface area (Å²) in [6, 6.07) is 5.59. The van der Waals surface area contributed by atoms with Gasteiger partial charge in [0, 0.05) is 23.6 Å². The number of nitrogens with one attached hydrogen (secondary N) is 2. The van der Waals surface area contributed by atoms with Crippen LogP contribution < -0.4 is 10.6 Å². The van der Waals surface area contributed by atoms with Crippen molar-refractivity contribution in [1.29, 1.82) is 0 Å². The highest BCUT2D eigenvalue weighted by Gasteiger charge is 2.22. The van der Waals surface area contributed by atoms with E-state index in [0.717, 1.165) is 0 Å². The van der Waals surface area contributed by atoms with Gasteiger partial charge in [-0.05, 0) is 36.6 Å². The van der Waals surface area contributed by atoms with E-state index in [1.807, 2.05) is 0 Å². The van der Waals surface area contributed by atoms with Crippen LogP contribution in [0.2, 0.25) is 5.02 Å². The molecule has 7 heteroatoms. The van der Waals surface area contributed by atoms with Crippen LogP contribution in [-0.4, -0.2) is 35.5 Å². The topological polar surface area (TPSA) is 95.5 Å². The van der Waals surface area contributed by atoms with Gasteiger partial charge in [0.15, 0.2) is 0 Å². The molecule has 0 aliphatic heterocycles. The summed E-state index contributed by atoms with van der Waals surface area (Å²) in [5, 5.41) is 14.7. The summed E-state index contributed by atoms with van der Waals surface area (Å²) in [6.45, 7) is 3.78. The molecule has 6 nitrogen and oxygen atoms in total. The minimum Gasteiger partial charge on any atom is -0.480 e. The number of benzene rings is 1. The highest BCUT2D eigenvalue weighted by molar-refractivity contribution is 6.30. The largest absolute Gasteiger partial charge is 0.480 e. The molecule has 0 unspecified atom stereocenters. The van der Waals surface area contributed by atoms with Crippen LogP contribution in [-0.2, 0) is 9.59 Å². The Labute approximate surface area is 140 Å². The summed E-state index contributed by atoms with van der Waals surface area (Å²) in [7, 11) is 0. The molecule has 2 amide bonds. The standard InChI is InChI=1S/C16H21ClN2O4/c1-10(2)14(16(22)23)19-13(20)4-3-9-18-15(21)11-5-7-12(17)8-6-11/h5-8,10,14H,3-4,9H2,1-2H3,(H,18,21)(H,19,20)(H,22,23)/t14-/m0/s1. The van der Waals surface area contributed by atoms with Gasteiger partial charge in [-0.25, -0.2) is 4.79 Å². The first-order chi connectivity index (χ1) is 10.8. The van der Waals surface area contributed by atoms with Crippen LogP contribution in [0.4, 0.5) is 0 Å². The molecule has 0 aliphatic carbocycles. The van der Waals surface area contributed by atoms with Gasteiger partial charge >= 0.3 is 5.97 Å². The molecular weight excluding hydrogens is 320 g/mol. The predicted molar refractivity (Wildman–Crippen MR) is 87.4 cm³/mol. The summed E-state index contributed by atoms with van der Waals surface area (Å²) >= 11 is 5.75. The van der Waals surface area contributed by atoms with E-state index in [0.29, 0.717) is 23.6 Å². The van der Waals surface area contributed by atoms with Crippen LogP contribution in [0.1, 0.15) is 37.0 Å². The van der Waals surface area contributed by atoms with Crippen LogP contribution in [0, 0.1) is 5.92 Å². The van der Waals surface area contributed by atoms with E-state index in [4.69, 9.17) is 16.7 Å². The number of hydrogen-bond acceptors (Lipinski definition) is 3. The molecule has 1 aromatic carbocycles. The second-order valence-corrected chi connectivity index (χ2v) is 5.93. The van der Waals surface area contributed by atoms with E-state index in [1.165, 1.54) is 0 Å². The Kier molecular flexibility index (Phi) is 7.54. The van der Waals surface area contributed by atoms with Crippen LogP contribution in [0.25, 0.3) is 0 Å². The quantitative estimate of drug-likeness (QED) is 0.631.